The van der Waals surface area contributed by atoms with Gasteiger partial charge in [0.25, 0.3) is 9.05 Å². The molecule has 0 aliphatic heterocycles. The summed E-state index contributed by atoms with van der Waals surface area (Å²) in [5, 5.41) is 0.317. The molecule has 0 aromatic heterocycles. The molecule has 0 N–H and O–H groups in total. The van der Waals surface area contributed by atoms with Crippen molar-refractivity contribution in [3.05, 3.63) is 23.2 Å². The number of halogens is 2. The molecule has 0 fully saturated rings. The van der Waals surface area contributed by atoms with Crippen molar-refractivity contribution in [2.75, 3.05) is 6.61 Å². The molecule has 0 spiro atoms. The van der Waals surface area contributed by atoms with Crippen LogP contribution in [0.25, 0.3) is 0 Å². The van der Waals surface area contributed by atoms with Gasteiger partial charge >= 0.3 is 0 Å². The maximum Gasteiger partial charge on any atom is 0.265 e. The van der Waals surface area contributed by atoms with Gasteiger partial charge in [-0.2, -0.15) is 0 Å². The number of hydrogen-bond donors (Lipinski definition) is 0. The Kier molecular flexibility index (Phi) is 8.45. The average molecular weight is 353 g/mol. The summed E-state index contributed by atoms with van der Waals surface area (Å²) in [5.74, 6) is 0.264. The quantitative estimate of drug-likeness (QED) is 0.418. The molecule has 0 aliphatic rings. The lowest BCUT2D eigenvalue weighted by molar-refractivity contribution is 0.297. The van der Waals surface area contributed by atoms with E-state index in [1.807, 2.05) is 0 Å². The summed E-state index contributed by atoms with van der Waals surface area (Å²) < 4.78 is 28.5. The van der Waals surface area contributed by atoms with E-state index in [1.54, 1.807) is 12.1 Å². The SMILES string of the molecule is CCCCCCCCCOc1ccc(Cl)cc1S(=O)(=O)Cl. The van der Waals surface area contributed by atoms with Crippen LogP contribution in [0.4, 0.5) is 0 Å². The zero-order chi connectivity index (χ0) is 15.7. The van der Waals surface area contributed by atoms with Crippen molar-refractivity contribution in [2.24, 2.45) is 0 Å². The topological polar surface area (TPSA) is 43.4 Å². The standard InChI is InChI=1S/C15H22Cl2O3S/c1-2-3-4-5-6-7-8-11-20-14-10-9-13(16)12-15(14)21(17,18)19/h9-10,12H,2-8,11H2,1H3. The van der Waals surface area contributed by atoms with Crippen LogP contribution in [0.2, 0.25) is 5.02 Å². The summed E-state index contributed by atoms with van der Waals surface area (Å²) in [6, 6.07) is 4.44. The molecule has 0 atom stereocenters. The maximum absolute atomic E-state index is 11.5. The molecule has 0 heterocycles. The fourth-order valence-electron chi connectivity index (χ4n) is 2.03. The number of unbranched alkanes of at least 4 members (excludes halogenated alkanes) is 6. The highest BCUT2D eigenvalue weighted by Gasteiger charge is 2.17. The predicted molar refractivity (Wildman–Crippen MR) is 88.0 cm³/mol. The third-order valence-corrected chi connectivity index (χ3v) is 4.75. The van der Waals surface area contributed by atoms with Gasteiger partial charge in [-0.25, -0.2) is 8.42 Å². The second kappa shape index (κ2) is 9.54. The predicted octanol–water partition coefficient (Wildman–Crippen LogP) is 5.40. The van der Waals surface area contributed by atoms with Gasteiger partial charge in [0.1, 0.15) is 10.6 Å². The van der Waals surface area contributed by atoms with Crippen LogP contribution in [0.1, 0.15) is 51.9 Å². The Morgan fingerprint density at radius 2 is 1.67 bits per heavy atom. The first-order valence-corrected chi connectivity index (χ1v) is 10.0. The Morgan fingerprint density at radius 1 is 1.05 bits per heavy atom. The molecule has 1 aromatic rings. The number of hydrogen-bond acceptors (Lipinski definition) is 3. The summed E-state index contributed by atoms with van der Waals surface area (Å²) >= 11 is 5.79. The monoisotopic (exact) mass is 352 g/mol. The van der Waals surface area contributed by atoms with Crippen molar-refractivity contribution < 1.29 is 13.2 Å². The average Bonchev–Trinajstić information content (AvgIpc) is 2.42. The minimum absolute atomic E-state index is 0.0698. The van der Waals surface area contributed by atoms with Gasteiger partial charge in [-0.15, -0.1) is 0 Å². The van der Waals surface area contributed by atoms with E-state index in [2.05, 4.69) is 6.92 Å². The minimum Gasteiger partial charge on any atom is -0.492 e. The Labute approximate surface area is 137 Å². The fraction of sp³-hybridized carbons (Fsp3) is 0.600. The van der Waals surface area contributed by atoms with Crippen LogP contribution in [0.3, 0.4) is 0 Å². The van der Waals surface area contributed by atoms with Gasteiger partial charge in [-0.1, -0.05) is 57.0 Å². The summed E-state index contributed by atoms with van der Waals surface area (Å²) in [7, 11) is 1.53. The molecular weight excluding hydrogens is 331 g/mol. The van der Waals surface area contributed by atoms with E-state index < -0.39 is 9.05 Å². The van der Waals surface area contributed by atoms with E-state index in [1.165, 1.54) is 38.2 Å². The van der Waals surface area contributed by atoms with Gasteiger partial charge in [0.2, 0.25) is 0 Å². The van der Waals surface area contributed by atoms with Gasteiger partial charge in [0.15, 0.2) is 0 Å². The molecule has 1 aromatic carbocycles. The van der Waals surface area contributed by atoms with E-state index in [-0.39, 0.29) is 10.6 Å². The van der Waals surface area contributed by atoms with Crippen LogP contribution < -0.4 is 4.74 Å². The van der Waals surface area contributed by atoms with Gasteiger partial charge in [-0.3, -0.25) is 0 Å². The van der Waals surface area contributed by atoms with E-state index in [9.17, 15) is 8.42 Å². The molecule has 0 saturated heterocycles. The maximum atomic E-state index is 11.5. The second-order valence-electron chi connectivity index (χ2n) is 5.00. The Morgan fingerprint density at radius 3 is 2.29 bits per heavy atom. The van der Waals surface area contributed by atoms with Crippen molar-refractivity contribution in [3.8, 4) is 5.75 Å². The molecule has 0 radical (unpaired) electrons. The summed E-state index contributed by atoms with van der Waals surface area (Å²) in [5.41, 5.74) is 0. The third-order valence-electron chi connectivity index (χ3n) is 3.17. The molecule has 0 amide bonds. The van der Waals surface area contributed by atoms with E-state index >= 15 is 0 Å². The Hall–Kier alpha value is -0.450. The van der Waals surface area contributed by atoms with E-state index in [0.29, 0.717) is 11.6 Å². The van der Waals surface area contributed by atoms with Crippen LogP contribution in [0.5, 0.6) is 5.75 Å². The molecule has 3 nitrogen and oxygen atoms in total. The van der Waals surface area contributed by atoms with E-state index in [0.717, 1.165) is 12.8 Å². The minimum atomic E-state index is -3.85. The molecular formula is C15H22Cl2O3S. The summed E-state index contributed by atoms with van der Waals surface area (Å²) in [6.07, 6.45) is 8.23. The lowest BCUT2D eigenvalue weighted by atomic mass is 10.1. The lowest BCUT2D eigenvalue weighted by Gasteiger charge is -2.10. The van der Waals surface area contributed by atoms with Gasteiger partial charge in [0, 0.05) is 15.7 Å². The zero-order valence-electron chi connectivity index (χ0n) is 12.3. The zero-order valence-corrected chi connectivity index (χ0v) is 14.6. The third kappa shape index (κ3) is 7.39. The molecule has 0 unspecified atom stereocenters. The highest BCUT2D eigenvalue weighted by atomic mass is 35.7. The number of rotatable bonds is 10. The van der Waals surface area contributed by atoms with Gasteiger partial charge in [0.05, 0.1) is 6.61 Å². The first-order valence-electron chi connectivity index (χ1n) is 7.32. The summed E-state index contributed by atoms with van der Waals surface area (Å²) in [6.45, 7) is 2.68. The number of ether oxygens (including phenoxy) is 1. The van der Waals surface area contributed by atoms with Crippen molar-refractivity contribution in [1.82, 2.24) is 0 Å². The fourth-order valence-corrected chi connectivity index (χ4v) is 3.27. The van der Waals surface area contributed by atoms with Crippen LogP contribution >= 0.6 is 22.3 Å². The van der Waals surface area contributed by atoms with Crippen molar-refractivity contribution >= 4 is 31.3 Å². The molecule has 0 bridgehead atoms. The van der Waals surface area contributed by atoms with E-state index in [4.69, 9.17) is 27.0 Å². The van der Waals surface area contributed by atoms with Crippen LogP contribution in [-0.4, -0.2) is 15.0 Å². The largest absolute Gasteiger partial charge is 0.492 e. The highest BCUT2D eigenvalue weighted by molar-refractivity contribution is 8.13. The normalized spacial score (nSPS) is 11.6. The van der Waals surface area contributed by atoms with Crippen LogP contribution in [-0.2, 0) is 9.05 Å². The van der Waals surface area contributed by atoms with Crippen LogP contribution in [0, 0.1) is 0 Å². The van der Waals surface area contributed by atoms with Gasteiger partial charge in [-0.05, 0) is 24.6 Å². The molecule has 21 heavy (non-hydrogen) atoms. The highest BCUT2D eigenvalue weighted by Crippen LogP contribution is 2.30. The molecule has 0 aliphatic carbocycles. The molecule has 120 valence electrons. The molecule has 0 saturated carbocycles. The molecule has 6 heteroatoms. The van der Waals surface area contributed by atoms with Gasteiger partial charge < -0.3 is 4.74 Å². The van der Waals surface area contributed by atoms with Crippen molar-refractivity contribution in [1.29, 1.82) is 0 Å². The first kappa shape index (κ1) is 18.6. The Bertz CT molecular complexity index is 530. The smallest absolute Gasteiger partial charge is 0.265 e. The van der Waals surface area contributed by atoms with Crippen LogP contribution in [0.15, 0.2) is 23.1 Å². The second-order valence-corrected chi connectivity index (χ2v) is 7.97. The number of benzene rings is 1. The van der Waals surface area contributed by atoms with Crippen molar-refractivity contribution in [2.45, 2.75) is 56.8 Å². The summed E-state index contributed by atoms with van der Waals surface area (Å²) in [4.78, 5) is -0.0698. The first-order chi connectivity index (χ1) is 9.95. The molecule has 1 rings (SSSR count). The van der Waals surface area contributed by atoms with Crippen molar-refractivity contribution in [3.63, 3.8) is 0 Å². The Balaban J connectivity index is 2.39. The lowest BCUT2D eigenvalue weighted by Crippen LogP contribution is -2.02.